The van der Waals surface area contributed by atoms with Crippen LogP contribution in [0.2, 0.25) is 0 Å². The minimum atomic E-state index is -0.132. The van der Waals surface area contributed by atoms with Crippen LogP contribution in [0.25, 0.3) is 11.6 Å². The molecule has 0 aliphatic carbocycles. The molecule has 0 N–H and O–H groups in total. The van der Waals surface area contributed by atoms with Gasteiger partial charge in [-0.2, -0.15) is 4.98 Å². The number of hydrogen-bond acceptors (Lipinski definition) is 8. The van der Waals surface area contributed by atoms with Gasteiger partial charge < -0.3 is 14.2 Å². The molecule has 25 heavy (non-hydrogen) atoms. The number of amides is 1. The molecule has 1 aliphatic heterocycles. The van der Waals surface area contributed by atoms with Gasteiger partial charge in [-0.15, -0.1) is 5.10 Å². The van der Waals surface area contributed by atoms with Crippen LogP contribution in [0.5, 0.6) is 5.88 Å². The highest BCUT2D eigenvalue weighted by molar-refractivity contribution is 5.96. The Kier molecular flexibility index (Phi) is 3.64. The molecule has 4 rings (SSSR count). The van der Waals surface area contributed by atoms with Crippen molar-refractivity contribution in [2.75, 3.05) is 20.2 Å². The minimum absolute atomic E-state index is 0.00317. The van der Waals surface area contributed by atoms with Crippen LogP contribution in [0.1, 0.15) is 22.2 Å². The Hall–Kier alpha value is -3.30. The van der Waals surface area contributed by atoms with Crippen molar-refractivity contribution < 1.29 is 14.1 Å². The summed E-state index contributed by atoms with van der Waals surface area (Å²) in [5, 5.41) is 8.00. The summed E-state index contributed by atoms with van der Waals surface area (Å²) < 4.78 is 12.0. The number of nitrogens with zero attached hydrogens (tertiary/aromatic N) is 7. The Morgan fingerprint density at radius 2 is 2.04 bits per heavy atom. The van der Waals surface area contributed by atoms with Gasteiger partial charge in [-0.3, -0.25) is 9.48 Å². The quantitative estimate of drug-likeness (QED) is 0.674. The zero-order chi connectivity index (χ0) is 17.4. The monoisotopic (exact) mass is 341 g/mol. The Morgan fingerprint density at radius 3 is 2.76 bits per heavy atom. The molecule has 0 unspecified atom stereocenters. The van der Waals surface area contributed by atoms with Crippen molar-refractivity contribution in [1.82, 2.24) is 34.8 Å². The summed E-state index contributed by atoms with van der Waals surface area (Å²) in [5.41, 5.74) is 0.437. The second-order valence-corrected chi connectivity index (χ2v) is 5.66. The second kappa shape index (κ2) is 5.96. The van der Waals surface area contributed by atoms with Gasteiger partial charge in [0.2, 0.25) is 23.4 Å². The van der Waals surface area contributed by atoms with E-state index in [1.54, 1.807) is 41.3 Å². The number of carbonyl (C=O) groups excluding carboxylic acids is 1. The van der Waals surface area contributed by atoms with Gasteiger partial charge in [0.05, 0.1) is 13.0 Å². The lowest BCUT2D eigenvalue weighted by atomic mass is 9.99. The fourth-order valence-corrected chi connectivity index (χ4v) is 2.64. The molecule has 4 heterocycles. The first-order valence-electron chi connectivity index (χ1n) is 7.63. The lowest BCUT2D eigenvalue weighted by Gasteiger charge is -2.36. The summed E-state index contributed by atoms with van der Waals surface area (Å²) in [6, 6.07) is 1.71. The largest absolute Gasteiger partial charge is 0.479 e. The zero-order valence-electron chi connectivity index (χ0n) is 13.7. The van der Waals surface area contributed by atoms with Crippen molar-refractivity contribution in [3.05, 3.63) is 36.1 Å². The average molecular weight is 341 g/mol. The second-order valence-electron chi connectivity index (χ2n) is 5.66. The molecular formula is C15H15N7O3. The smallest absolute Gasteiger partial charge is 0.261 e. The molecule has 0 radical (unpaired) electrons. The maximum Gasteiger partial charge on any atom is 0.261 e. The molecule has 0 spiro atoms. The van der Waals surface area contributed by atoms with Crippen LogP contribution in [0.3, 0.4) is 0 Å². The van der Waals surface area contributed by atoms with E-state index in [9.17, 15) is 4.79 Å². The van der Waals surface area contributed by atoms with E-state index in [0.717, 1.165) is 0 Å². The minimum Gasteiger partial charge on any atom is -0.479 e. The summed E-state index contributed by atoms with van der Waals surface area (Å²) in [6.45, 7) is 0.988. The van der Waals surface area contributed by atoms with Crippen molar-refractivity contribution in [3.63, 3.8) is 0 Å². The van der Waals surface area contributed by atoms with Crippen LogP contribution in [0.15, 0.2) is 29.2 Å². The summed E-state index contributed by atoms with van der Waals surface area (Å²) in [7, 11) is 3.23. The van der Waals surface area contributed by atoms with E-state index in [1.165, 1.54) is 7.11 Å². The van der Waals surface area contributed by atoms with Gasteiger partial charge in [0.1, 0.15) is 5.56 Å². The first-order valence-corrected chi connectivity index (χ1v) is 7.63. The highest BCUT2D eigenvalue weighted by Gasteiger charge is 2.37. The SMILES string of the molecule is COc1nn(C)cc1C(=O)N1CC(c2nc(-c3ncccn3)no2)C1. The van der Waals surface area contributed by atoms with Gasteiger partial charge in [-0.25, -0.2) is 9.97 Å². The Labute approximate surface area is 142 Å². The van der Waals surface area contributed by atoms with E-state index in [1.807, 2.05) is 0 Å². The zero-order valence-corrected chi connectivity index (χ0v) is 13.7. The molecule has 0 bridgehead atoms. The van der Waals surface area contributed by atoms with E-state index in [4.69, 9.17) is 9.26 Å². The summed E-state index contributed by atoms with van der Waals surface area (Å²) in [4.78, 5) is 26.7. The maximum absolute atomic E-state index is 12.5. The number of hydrogen-bond donors (Lipinski definition) is 0. The van der Waals surface area contributed by atoms with Gasteiger partial charge in [0.25, 0.3) is 5.91 Å². The van der Waals surface area contributed by atoms with Crippen molar-refractivity contribution in [2.45, 2.75) is 5.92 Å². The number of ether oxygens (including phenoxy) is 1. The van der Waals surface area contributed by atoms with E-state index in [2.05, 4.69) is 25.2 Å². The molecule has 3 aromatic rings. The third-order valence-corrected chi connectivity index (χ3v) is 3.94. The van der Waals surface area contributed by atoms with E-state index in [0.29, 0.717) is 42.1 Å². The average Bonchev–Trinajstić information content (AvgIpc) is 3.21. The third-order valence-electron chi connectivity index (χ3n) is 3.94. The van der Waals surface area contributed by atoms with Crippen molar-refractivity contribution in [1.29, 1.82) is 0 Å². The van der Waals surface area contributed by atoms with Crippen LogP contribution >= 0.6 is 0 Å². The van der Waals surface area contributed by atoms with Crippen LogP contribution in [0.4, 0.5) is 0 Å². The van der Waals surface area contributed by atoms with Crippen molar-refractivity contribution >= 4 is 5.91 Å². The lowest BCUT2D eigenvalue weighted by molar-refractivity contribution is 0.0566. The normalized spacial score (nSPS) is 14.4. The predicted octanol–water partition coefficient (Wildman–Crippen LogP) is 0.508. The maximum atomic E-state index is 12.5. The summed E-state index contributed by atoms with van der Waals surface area (Å²) >= 11 is 0. The fourth-order valence-electron chi connectivity index (χ4n) is 2.64. The number of aromatic nitrogens is 6. The van der Waals surface area contributed by atoms with E-state index in [-0.39, 0.29) is 11.8 Å². The first-order chi connectivity index (χ1) is 12.2. The molecule has 128 valence electrons. The van der Waals surface area contributed by atoms with Gasteiger partial charge in [-0.05, 0) is 6.07 Å². The summed E-state index contributed by atoms with van der Waals surface area (Å²) in [5.74, 6) is 1.41. The third kappa shape index (κ3) is 2.71. The van der Waals surface area contributed by atoms with Gasteiger partial charge >= 0.3 is 0 Å². The molecular weight excluding hydrogens is 326 g/mol. The highest BCUT2D eigenvalue weighted by atomic mass is 16.5. The van der Waals surface area contributed by atoms with Crippen molar-refractivity contribution in [3.8, 4) is 17.5 Å². The Morgan fingerprint density at radius 1 is 1.28 bits per heavy atom. The molecule has 0 aromatic carbocycles. The molecule has 0 saturated carbocycles. The highest BCUT2D eigenvalue weighted by Crippen LogP contribution is 2.29. The molecule has 10 nitrogen and oxygen atoms in total. The van der Waals surface area contributed by atoms with Crippen LogP contribution in [-0.4, -0.2) is 60.9 Å². The molecule has 1 aliphatic rings. The number of rotatable bonds is 4. The molecule has 1 saturated heterocycles. The topological polar surface area (TPSA) is 112 Å². The molecule has 1 amide bonds. The van der Waals surface area contributed by atoms with Crippen molar-refractivity contribution in [2.24, 2.45) is 7.05 Å². The Bertz CT molecular complexity index is 899. The van der Waals surface area contributed by atoms with Crippen LogP contribution in [0, 0.1) is 0 Å². The number of carbonyl (C=O) groups is 1. The fraction of sp³-hybridized carbons (Fsp3) is 0.333. The Balaban J connectivity index is 1.44. The van der Waals surface area contributed by atoms with Crippen LogP contribution in [-0.2, 0) is 7.05 Å². The molecule has 0 atom stereocenters. The number of aryl methyl sites for hydroxylation is 1. The molecule has 3 aromatic heterocycles. The van der Waals surface area contributed by atoms with Gasteiger partial charge in [-0.1, -0.05) is 5.16 Å². The molecule has 10 heteroatoms. The molecule has 1 fully saturated rings. The van der Waals surface area contributed by atoms with E-state index < -0.39 is 0 Å². The standard InChI is InChI=1S/C15H15N7O3/c1-21-8-10(14(19-21)24-2)15(23)22-6-9(7-22)13-18-12(20-25-13)11-16-4-3-5-17-11/h3-5,8-9H,6-7H2,1-2H3. The predicted molar refractivity (Wildman–Crippen MR) is 83.7 cm³/mol. The lowest BCUT2D eigenvalue weighted by Crippen LogP contribution is -2.48. The number of likely N-dealkylation sites (tertiary alicyclic amines) is 1. The van der Waals surface area contributed by atoms with Gasteiger partial charge in [0.15, 0.2) is 0 Å². The van der Waals surface area contributed by atoms with Gasteiger partial charge in [0, 0.05) is 38.7 Å². The van der Waals surface area contributed by atoms with E-state index >= 15 is 0 Å². The number of methoxy groups -OCH3 is 1. The van der Waals surface area contributed by atoms with Crippen LogP contribution < -0.4 is 4.74 Å². The summed E-state index contributed by atoms with van der Waals surface area (Å²) in [6.07, 6.45) is 4.87. The first kappa shape index (κ1) is 15.2.